The number of benzene rings is 7. The van der Waals surface area contributed by atoms with E-state index in [2.05, 4.69) is 114 Å². The van der Waals surface area contributed by atoms with Gasteiger partial charge in [-0.2, -0.15) is 15.8 Å². The molecule has 8 aromatic rings. The number of hydrogen-bond donors (Lipinski definition) is 0. The quantitative estimate of drug-likeness (QED) is 0.138. The van der Waals surface area contributed by atoms with E-state index in [1.807, 2.05) is 72.8 Å². The summed E-state index contributed by atoms with van der Waals surface area (Å²) in [4.78, 5) is 0. The van der Waals surface area contributed by atoms with Gasteiger partial charge in [-0.1, -0.05) is 133 Å². The average Bonchev–Trinajstić information content (AvgIpc) is 3.53. The Bertz CT molecular complexity index is 2540. The maximum atomic E-state index is 10.9. The minimum absolute atomic E-state index is 0.420. The predicted molar refractivity (Wildman–Crippen MR) is 204 cm³/mol. The van der Waals surface area contributed by atoms with Gasteiger partial charge in [0.05, 0.1) is 45.9 Å². The molecule has 0 aliphatic carbocycles. The molecule has 0 radical (unpaired) electrons. The molecule has 232 valence electrons. The van der Waals surface area contributed by atoms with Gasteiger partial charge in [-0.3, -0.25) is 0 Å². The molecule has 0 saturated heterocycles. The van der Waals surface area contributed by atoms with Gasteiger partial charge in [0.1, 0.15) is 0 Å². The van der Waals surface area contributed by atoms with E-state index in [4.69, 9.17) is 0 Å². The van der Waals surface area contributed by atoms with Gasteiger partial charge in [-0.15, -0.1) is 0 Å². The molecular weight excluding hydrogens is 625 g/mol. The van der Waals surface area contributed by atoms with Crippen LogP contribution in [0, 0.1) is 34.0 Å². The van der Waals surface area contributed by atoms with Crippen LogP contribution in [0.5, 0.6) is 0 Å². The standard InChI is InChI=1S/C45H28N4Si/c46-29-32-24-25-43-41(26-32)39-20-10-12-22-42(39)49(43)35-27-33(30-47)45(34(28-35)31-48)40-21-11-13-23-44(40)50(36-14-4-1-5-15-36,37-16-6-2-7-17-37)38-18-8-3-9-19-38/h1-28H. The molecule has 0 atom stereocenters. The van der Waals surface area contributed by atoms with Gasteiger partial charge in [0.25, 0.3) is 0 Å². The minimum Gasteiger partial charge on any atom is -0.309 e. The first-order valence-electron chi connectivity index (χ1n) is 16.4. The van der Waals surface area contributed by atoms with Crippen molar-refractivity contribution in [1.82, 2.24) is 4.57 Å². The summed E-state index contributed by atoms with van der Waals surface area (Å²) >= 11 is 0. The molecule has 0 unspecified atom stereocenters. The molecule has 0 fully saturated rings. The lowest BCUT2D eigenvalue weighted by molar-refractivity contribution is 1.17. The maximum Gasteiger partial charge on any atom is 0.180 e. The predicted octanol–water partition coefficient (Wildman–Crippen LogP) is 7.44. The van der Waals surface area contributed by atoms with Crippen LogP contribution in [0.15, 0.2) is 170 Å². The zero-order valence-electron chi connectivity index (χ0n) is 27.0. The van der Waals surface area contributed by atoms with Crippen LogP contribution in [0.4, 0.5) is 0 Å². The first-order chi connectivity index (χ1) is 24.7. The van der Waals surface area contributed by atoms with E-state index in [9.17, 15) is 15.8 Å². The zero-order valence-corrected chi connectivity index (χ0v) is 28.0. The van der Waals surface area contributed by atoms with Crippen LogP contribution in [-0.2, 0) is 0 Å². The van der Waals surface area contributed by atoms with Gasteiger partial charge in [0.2, 0.25) is 0 Å². The summed E-state index contributed by atoms with van der Waals surface area (Å²) in [6, 6.07) is 64.9. The third kappa shape index (κ3) is 4.72. The third-order valence-corrected chi connectivity index (χ3v) is 14.5. The fraction of sp³-hybridized carbons (Fsp3) is 0. The first-order valence-corrected chi connectivity index (χ1v) is 18.4. The van der Waals surface area contributed by atoms with Crippen molar-refractivity contribution in [3.8, 4) is 35.0 Å². The molecule has 50 heavy (non-hydrogen) atoms. The monoisotopic (exact) mass is 652 g/mol. The third-order valence-electron chi connectivity index (χ3n) is 9.64. The lowest BCUT2D eigenvalue weighted by Crippen LogP contribution is -2.75. The summed E-state index contributed by atoms with van der Waals surface area (Å²) in [7, 11) is -3.00. The summed E-state index contributed by atoms with van der Waals surface area (Å²) in [5.74, 6) is 0. The largest absolute Gasteiger partial charge is 0.309 e. The van der Waals surface area contributed by atoms with Crippen LogP contribution in [0.1, 0.15) is 16.7 Å². The van der Waals surface area contributed by atoms with Crippen molar-refractivity contribution in [2.75, 3.05) is 0 Å². The van der Waals surface area contributed by atoms with E-state index in [-0.39, 0.29) is 0 Å². The maximum absolute atomic E-state index is 10.9. The van der Waals surface area contributed by atoms with Crippen LogP contribution in [-0.4, -0.2) is 12.6 Å². The number of aromatic nitrogens is 1. The summed E-state index contributed by atoms with van der Waals surface area (Å²) < 4.78 is 2.08. The fourth-order valence-corrected chi connectivity index (χ4v) is 12.6. The van der Waals surface area contributed by atoms with E-state index in [0.717, 1.165) is 32.6 Å². The Labute approximate surface area is 291 Å². The van der Waals surface area contributed by atoms with Crippen molar-refractivity contribution in [3.05, 3.63) is 187 Å². The highest BCUT2D eigenvalue weighted by atomic mass is 28.3. The highest BCUT2D eigenvalue weighted by Gasteiger charge is 2.43. The molecule has 0 aliphatic heterocycles. The number of nitriles is 3. The summed E-state index contributed by atoms with van der Waals surface area (Å²) in [6.45, 7) is 0. The molecule has 1 heterocycles. The Morgan fingerprint density at radius 2 is 0.940 bits per heavy atom. The smallest absolute Gasteiger partial charge is 0.180 e. The summed E-state index contributed by atoms with van der Waals surface area (Å²) in [5.41, 5.74) is 5.46. The van der Waals surface area contributed by atoms with Gasteiger partial charge < -0.3 is 4.57 Å². The molecule has 0 N–H and O–H groups in total. The number of fused-ring (bicyclic) bond motifs is 3. The fourth-order valence-electron chi connectivity index (χ4n) is 7.60. The summed E-state index contributed by atoms with van der Waals surface area (Å²) in [5, 5.41) is 38.0. The van der Waals surface area contributed by atoms with Crippen LogP contribution in [0.3, 0.4) is 0 Å². The minimum atomic E-state index is -3.00. The number of rotatable bonds is 6. The second-order valence-corrected chi connectivity index (χ2v) is 16.0. The Hall–Kier alpha value is -6.97. The number of nitrogens with zero attached hydrogens (tertiary/aromatic N) is 4. The summed E-state index contributed by atoms with van der Waals surface area (Å²) in [6.07, 6.45) is 0. The topological polar surface area (TPSA) is 76.3 Å². The number of hydrogen-bond acceptors (Lipinski definition) is 3. The van der Waals surface area contributed by atoms with Crippen molar-refractivity contribution in [1.29, 1.82) is 15.8 Å². The van der Waals surface area contributed by atoms with E-state index in [0.29, 0.717) is 27.9 Å². The Kier molecular flexibility index (Phi) is 7.63. The molecule has 0 bridgehead atoms. The van der Waals surface area contributed by atoms with Gasteiger partial charge in [0.15, 0.2) is 8.07 Å². The highest BCUT2D eigenvalue weighted by Crippen LogP contribution is 2.36. The Morgan fingerprint density at radius 1 is 0.440 bits per heavy atom. The molecule has 0 amide bonds. The van der Waals surface area contributed by atoms with Crippen molar-refractivity contribution in [2.24, 2.45) is 0 Å². The molecule has 0 aliphatic rings. The second kappa shape index (κ2) is 12.6. The first kappa shape index (κ1) is 30.4. The molecule has 1 aromatic heterocycles. The van der Waals surface area contributed by atoms with Crippen LogP contribution in [0.2, 0.25) is 0 Å². The van der Waals surface area contributed by atoms with Crippen molar-refractivity contribution in [2.45, 2.75) is 0 Å². The Morgan fingerprint density at radius 3 is 1.50 bits per heavy atom. The van der Waals surface area contributed by atoms with Gasteiger partial charge in [-0.05, 0) is 62.7 Å². The SMILES string of the molecule is N#Cc1ccc2c(c1)c1ccccc1n2-c1cc(C#N)c(-c2ccccc2[Si](c2ccccc2)(c2ccccc2)c2ccccc2)c(C#N)c1. The molecule has 7 aromatic carbocycles. The lowest BCUT2D eigenvalue weighted by atomic mass is 9.94. The molecule has 8 rings (SSSR count). The van der Waals surface area contributed by atoms with Crippen molar-refractivity contribution >= 4 is 50.6 Å². The molecular formula is C45H28N4Si. The van der Waals surface area contributed by atoms with E-state index in [1.165, 1.54) is 15.6 Å². The number of para-hydroxylation sites is 1. The van der Waals surface area contributed by atoms with Gasteiger partial charge >= 0.3 is 0 Å². The highest BCUT2D eigenvalue weighted by molar-refractivity contribution is 7.20. The molecule has 0 saturated carbocycles. The lowest BCUT2D eigenvalue weighted by Gasteiger charge is -2.36. The zero-order chi connectivity index (χ0) is 34.1. The van der Waals surface area contributed by atoms with Gasteiger partial charge in [0, 0.05) is 22.0 Å². The van der Waals surface area contributed by atoms with Crippen LogP contribution < -0.4 is 20.7 Å². The van der Waals surface area contributed by atoms with Crippen LogP contribution >= 0.6 is 0 Å². The van der Waals surface area contributed by atoms with Crippen LogP contribution in [0.25, 0.3) is 38.6 Å². The van der Waals surface area contributed by atoms with E-state index < -0.39 is 8.07 Å². The average molecular weight is 653 g/mol. The van der Waals surface area contributed by atoms with Crippen molar-refractivity contribution in [3.63, 3.8) is 0 Å². The second-order valence-electron chi connectivity index (χ2n) is 12.2. The van der Waals surface area contributed by atoms with Gasteiger partial charge in [-0.25, -0.2) is 0 Å². The Balaban J connectivity index is 1.45. The normalized spacial score (nSPS) is 11.1. The van der Waals surface area contributed by atoms with E-state index >= 15 is 0 Å². The molecule has 5 heteroatoms. The molecule has 0 spiro atoms. The van der Waals surface area contributed by atoms with Crippen molar-refractivity contribution < 1.29 is 0 Å². The molecule has 4 nitrogen and oxygen atoms in total. The van der Waals surface area contributed by atoms with E-state index in [1.54, 1.807) is 6.07 Å².